The van der Waals surface area contributed by atoms with Gasteiger partial charge in [0, 0.05) is 58.8 Å². The van der Waals surface area contributed by atoms with Crippen LogP contribution in [0.1, 0.15) is 148 Å². The van der Waals surface area contributed by atoms with Crippen LogP contribution in [0.4, 0.5) is 0 Å². The fourth-order valence-corrected chi connectivity index (χ4v) is 5.32. The average Bonchev–Trinajstić information content (AvgIpc) is 3.09. The highest BCUT2D eigenvalue weighted by molar-refractivity contribution is 5.85. The lowest BCUT2D eigenvalue weighted by Crippen LogP contribution is -2.43. The normalized spacial score (nSPS) is 11.6. The first kappa shape index (κ1) is 48.9. The molecule has 302 valence electrons. The fourth-order valence-electron chi connectivity index (χ4n) is 5.32. The molecule has 0 aromatic rings. The van der Waals surface area contributed by atoms with Gasteiger partial charge in [0.15, 0.2) is 0 Å². The van der Waals surface area contributed by atoms with Crippen LogP contribution in [0.3, 0.4) is 0 Å². The molecule has 0 saturated carbocycles. The highest BCUT2D eigenvalue weighted by Gasteiger charge is 2.20. The van der Waals surface area contributed by atoms with E-state index in [9.17, 15) is 28.8 Å². The quantitative estimate of drug-likeness (QED) is 0.0524. The molecule has 3 amide bonds. The molecule has 0 spiro atoms. The summed E-state index contributed by atoms with van der Waals surface area (Å²) in [6.45, 7) is 3.89. The van der Waals surface area contributed by atoms with Crippen molar-refractivity contribution in [3.05, 3.63) is 0 Å². The Morgan fingerprint density at radius 1 is 0.481 bits per heavy atom. The summed E-state index contributed by atoms with van der Waals surface area (Å²) in [5, 5.41) is 25.7. The summed E-state index contributed by atoms with van der Waals surface area (Å²) in [7, 11) is 0. The topological polar surface area (TPSA) is 207 Å². The number of carboxylic acid groups (broad SMARTS) is 2. The van der Waals surface area contributed by atoms with Gasteiger partial charge < -0.3 is 45.2 Å². The van der Waals surface area contributed by atoms with Gasteiger partial charge in [-0.2, -0.15) is 0 Å². The molecule has 0 aromatic carbocycles. The first-order chi connectivity index (χ1) is 25.1. The van der Waals surface area contributed by atoms with Gasteiger partial charge in [-0.25, -0.2) is 4.79 Å². The standard InChI is InChI=1S/C38H69N3O11/c1-32(42)22-23-33(38(48)49)41-36(45)31-52-30-35(44)40-25-19-29-51-27-17-16-26-50-28-18-24-39-34(43)20-14-12-10-8-6-4-2-3-5-7-9-11-13-15-21-37(46)47/h33H,2-31H2,1H3,(H,39,43)(H,40,44)(H,41,45)(H,46,47)(H,48,49). The molecular formula is C38H69N3O11. The monoisotopic (exact) mass is 743 g/mol. The summed E-state index contributed by atoms with van der Waals surface area (Å²) < 4.78 is 16.2. The summed E-state index contributed by atoms with van der Waals surface area (Å²) in [5.41, 5.74) is 0. The first-order valence-corrected chi connectivity index (χ1v) is 19.6. The largest absolute Gasteiger partial charge is 0.481 e. The lowest BCUT2D eigenvalue weighted by molar-refractivity contribution is -0.143. The molecule has 0 aliphatic heterocycles. The van der Waals surface area contributed by atoms with Gasteiger partial charge in [-0.1, -0.05) is 77.0 Å². The van der Waals surface area contributed by atoms with Crippen molar-refractivity contribution in [3.63, 3.8) is 0 Å². The minimum atomic E-state index is -1.24. The average molecular weight is 744 g/mol. The van der Waals surface area contributed by atoms with Crippen molar-refractivity contribution < 1.29 is 53.2 Å². The Labute approximate surface area is 311 Å². The van der Waals surface area contributed by atoms with Crippen LogP contribution in [-0.2, 0) is 43.0 Å². The molecule has 52 heavy (non-hydrogen) atoms. The van der Waals surface area contributed by atoms with Crippen LogP contribution in [-0.4, -0.2) is 104 Å². The smallest absolute Gasteiger partial charge is 0.326 e. The van der Waals surface area contributed by atoms with Crippen LogP contribution in [0.25, 0.3) is 0 Å². The Morgan fingerprint density at radius 3 is 1.37 bits per heavy atom. The van der Waals surface area contributed by atoms with Crippen LogP contribution >= 0.6 is 0 Å². The van der Waals surface area contributed by atoms with E-state index in [1.165, 1.54) is 64.7 Å². The lowest BCUT2D eigenvalue weighted by atomic mass is 10.0. The molecule has 5 N–H and O–H groups in total. The zero-order valence-corrected chi connectivity index (χ0v) is 31.9. The Kier molecular flexibility index (Phi) is 34.1. The third-order valence-electron chi connectivity index (χ3n) is 8.33. The van der Waals surface area contributed by atoms with Crippen LogP contribution in [0, 0.1) is 0 Å². The van der Waals surface area contributed by atoms with E-state index in [0.717, 1.165) is 51.4 Å². The molecule has 1 atom stereocenters. The Bertz CT molecular complexity index is 965. The summed E-state index contributed by atoms with van der Waals surface area (Å²) >= 11 is 0. The van der Waals surface area contributed by atoms with E-state index in [-0.39, 0.29) is 31.1 Å². The van der Waals surface area contributed by atoms with E-state index < -0.39 is 36.4 Å². The number of Topliss-reactive ketones (excluding diaryl/α,β-unsaturated/α-hetero) is 1. The van der Waals surface area contributed by atoms with E-state index >= 15 is 0 Å². The molecule has 14 heteroatoms. The van der Waals surface area contributed by atoms with E-state index in [2.05, 4.69) is 16.0 Å². The SMILES string of the molecule is CC(=O)CCC(NC(=O)COCC(=O)NCCCOCCCCOCCCNC(=O)CCCCCCCCCCCCCCCCC(=O)O)C(=O)O. The van der Waals surface area contributed by atoms with Gasteiger partial charge in [0.2, 0.25) is 17.7 Å². The zero-order chi connectivity index (χ0) is 38.5. The zero-order valence-electron chi connectivity index (χ0n) is 31.9. The van der Waals surface area contributed by atoms with E-state index in [1.54, 1.807) is 0 Å². The van der Waals surface area contributed by atoms with Gasteiger partial charge in [-0.05, 0) is 51.9 Å². The summed E-state index contributed by atoms with van der Waals surface area (Å²) in [5.74, 6) is -3.06. The molecule has 0 aliphatic carbocycles. The first-order valence-electron chi connectivity index (χ1n) is 19.6. The van der Waals surface area contributed by atoms with Crippen LogP contribution in [0.2, 0.25) is 0 Å². The number of hydrogen-bond acceptors (Lipinski definition) is 9. The van der Waals surface area contributed by atoms with Crippen molar-refractivity contribution >= 4 is 35.4 Å². The number of hydrogen-bond donors (Lipinski definition) is 5. The van der Waals surface area contributed by atoms with Crippen molar-refractivity contribution in [1.29, 1.82) is 0 Å². The number of unbranched alkanes of at least 4 members (excludes halogenated alkanes) is 14. The molecule has 0 radical (unpaired) electrons. The highest BCUT2D eigenvalue weighted by atomic mass is 16.5. The third kappa shape index (κ3) is 36.7. The number of carboxylic acids is 2. The van der Waals surface area contributed by atoms with Crippen LogP contribution in [0.15, 0.2) is 0 Å². The van der Waals surface area contributed by atoms with Gasteiger partial charge in [0.1, 0.15) is 25.0 Å². The number of amides is 3. The van der Waals surface area contributed by atoms with Crippen molar-refractivity contribution in [3.8, 4) is 0 Å². The fraction of sp³-hybridized carbons (Fsp3) is 0.842. The molecule has 0 aromatic heterocycles. The summed E-state index contributed by atoms with van der Waals surface area (Å²) in [6, 6.07) is -1.19. The predicted molar refractivity (Wildman–Crippen MR) is 198 cm³/mol. The number of aliphatic carboxylic acids is 2. The predicted octanol–water partition coefficient (Wildman–Crippen LogP) is 5.09. The molecule has 0 bridgehead atoms. The molecule has 0 fully saturated rings. The Balaban J connectivity index is 3.39. The summed E-state index contributed by atoms with van der Waals surface area (Å²) in [6.07, 6.45) is 20.4. The number of nitrogens with one attached hydrogen (secondary N) is 3. The van der Waals surface area contributed by atoms with Gasteiger partial charge in [-0.15, -0.1) is 0 Å². The van der Waals surface area contributed by atoms with Crippen molar-refractivity contribution in [2.75, 3.05) is 52.7 Å². The van der Waals surface area contributed by atoms with Crippen molar-refractivity contribution in [1.82, 2.24) is 16.0 Å². The Hall–Kier alpha value is -3.10. The van der Waals surface area contributed by atoms with Gasteiger partial charge in [0.25, 0.3) is 0 Å². The molecule has 0 rings (SSSR count). The molecular weight excluding hydrogens is 674 g/mol. The second-order valence-corrected chi connectivity index (χ2v) is 13.4. The van der Waals surface area contributed by atoms with E-state index in [1.807, 2.05) is 0 Å². The number of rotatable bonds is 39. The second-order valence-electron chi connectivity index (χ2n) is 13.4. The van der Waals surface area contributed by atoms with E-state index in [4.69, 9.17) is 24.4 Å². The molecule has 14 nitrogen and oxygen atoms in total. The summed E-state index contributed by atoms with van der Waals surface area (Å²) in [4.78, 5) is 68.4. The van der Waals surface area contributed by atoms with Gasteiger partial charge in [-0.3, -0.25) is 19.2 Å². The second kappa shape index (κ2) is 36.3. The Morgan fingerprint density at radius 2 is 0.904 bits per heavy atom. The number of ketones is 1. The minimum Gasteiger partial charge on any atom is -0.481 e. The highest BCUT2D eigenvalue weighted by Crippen LogP contribution is 2.14. The lowest BCUT2D eigenvalue weighted by Gasteiger charge is -2.13. The van der Waals surface area contributed by atoms with Gasteiger partial charge >= 0.3 is 11.9 Å². The molecule has 0 heterocycles. The molecule has 0 saturated heterocycles. The number of carbonyl (C=O) groups excluding carboxylic acids is 4. The molecule has 0 aliphatic rings. The maximum absolute atomic E-state index is 12.0. The molecule has 1 unspecified atom stereocenters. The van der Waals surface area contributed by atoms with Crippen LogP contribution in [0.5, 0.6) is 0 Å². The van der Waals surface area contributed by atoms with Crippen LogP contribution < -0.4 is 16.0 Å². The maximum Gasteiger partial charge on any atom is 0.326 e. The third-order valence-corrected chi connectivity index (χ3v) is 8.33. The van der Waals surface area contributed by atoms with E-state index in [0.29, 0.717) is 58.8 Å². The maximum atomic E-state index is 12.0. The van der Waals surface area contributed by atoms with Crippen molar-refractivity contribution in [2.24, 2.45) is 0 Å². The van der Waals surface area contributed by atoms with Gasteiger partial charge in [0.05, 0.1) is 0 Å². The number of carbonyl (C=O) groups is 6. The van der Waals surface area contributed by atoms with Crippen molar-refractivity contribution in [2.45, 2.75) is 154 Å². The minimum absolute atomic E-state index is 0.0113. The number of ether oxygens (including phenoxy) is 3.